The van der Waals surface area contributed by atoms with Gasteiger partial charge in [-0.2, -0.15) is 0 Å². The van der Waals surface area contributed by atoms with Crippen molar-refractivity contribution in [3.8, 4) is 46.0 Å². The van der Waals surface area contributed by atoms with Gasteiger partial charge in [0.05, 0.1) is 51.7 Å². The molecule has 660 valence electrons. The number of carbonyl (C=O) groups excluding carboxylic acids is 7. The van der Waals surface area contributed by atoms with E-state index in [-0.39, 0.29) is 83.6 Å². The summed E-state index contributed by atoms with van der Waals surface area (Å²) in [7, 11) is 5.15. The van der Waals surface area contributed by atoms with Crippen LogP contribution in [0.4, 0.5) is 15.4 Å². The largest absolute Gasteiger partial charge is 0.457 e. The molecule has 16 N–H and O–H groups in total. The second kappa shape index (κ2) is 46.2. The van der Waals surface area contributed by atoms with Crippen LogP contribution in [0.5, 0.6) is 46.0 Å². The van der Waals surface area contributed by atoms with Crippen LogP contribution in [0, 0.1) is 0 Å². The molecule has 1 unspecified atom stereocenters. The first kappa shape index (κ1) is 93.8. The molecule has 38 heteroatoms. The van der Waals surface area contributed by atoms with E-state index in [0.717, 1.165) is 120 Å². The van der Waals surface area contributed by atoms with Crippen LogP contribution >= 0.6 is 45.3 Å². The molecule has 8 aromatic heterocycles. The molecule has 8 heterocycles. The first-order valence-corrected chi connectivity index (χ1v) is 45.8. The van der Waals surface area contributed by atoms with Crippen LogP contribution in [0.15, 0.2) is 150 Å². The molecular weight excluding hydrogens is 1690 g/mol. The predicted octanol–water partition coefficient (Wildman–Crippen LogP) is 13.6. The average Bonchev–Trinajstić information content (AvgIpc) is 1.69. The number of benzene rings is 4. The monoisotopic (exact) mass is 1800 g/mol. The molecule has 5 amide bonds. The third kappa shape index (κ3) is 28.1. The third-order valence-corrected chi connectivity index (χ3v) is 25.5. The Morgan fingerprint density at radius 1 is 0.352 bits per heavy atom. The van der Waals surface area contributed by atoms with E-state index < -0.39 is 22.7 Å². The highest BCUT2D eigenvalue weighted by Gasteiger charge is 2.29. The van der Waals surface area contributed by atoms with E-state index >= 15 is 0 Å². The SMILES string of the molecule is CC(=O)OC(C)=O.CNC(=O)c1cc(Oc2ccc3nc(N[C@@H]4CCCC[C@H]4N)sc3c2)ccn1.CNC(=O)c1cc(Oc2ccc3nc(N[C@@H]4CCCC[C@H]4N)sc3c2)ccn1.CNC(=O)c1cc(Oc2ccc3nc(N[C@@H]4CCCC[C@H]4NC(C)=O)sc3c2)ccn1.CNC(=O)c1cc(Oc2ccc3nc(S(C)=O)sc3c2)ccn1.N[C@@H]1CCCC[C@H]1N. The number of nitrogens with zero attached hydrogens (tertiary/aromatic N) is 8. The maximum atomic E-state index is 11.8. The van der Waals surface area contributed by atoms with Gasteiger partial charge in [0.15, 0.2) is 19.7 Å². The Hall–Kier alpha value is -11.9. The van der Waals surface area contributed by atoms with Crippen molar-refractivity contribution in [3.05, 3.63) is 169 Å². The van der Waals surface area contributed by atoms with Gasteiger partial charge >= 0.3 is 11.9 Å². The van der Waals surface area contributed by atoms with Crippen molar-refractivity contribution in [2.45, 2.75) is 176 Å². The molecule has 16 rings (SSSR count). The summed E-state index contributed by atoms with van der Waals surface area (Å²) in [6.07, 6.45) is 25.9. The van der Waals surface area contributed by atoms with Crippen molar-refractivity contribution in [1.82, 2.24) is 66.5 Å². The van der Waals surface area contributed by atoms with E-state index in [4.69, 9.17) is 46.9 Å². The predicted molar refractivity (Wildman–Crippen MR) is 490 cm³/mol. The molecule has 0 spiro atoms. The molecule has 4 aliphatic rings. The van der Waals surface area contributed by atoms with Crippen molar-refractivity contribution in [1.29, 1.82) is 0 Å². The fourth-order valence-electron chi connectivity index (χ4n) is 13.9. The smallest absolute Gasteiger partial charge is 0.310 e. The number of aromatic nitrogens is 8. The quantitative estimate of drug-likeness (QED) is 0.0249. The van der Waals surface area contributed by atoms with Gasteiger partial charge in [-0.05, 0) is 124 Å². The Balaban J connectivity index is 0.000000154. The lowest BCUT2D eigenvalue weighted by Crippen LogP contribution is -2.47. The summed E-state index contributed by atoms with van der Waals surface area (Å²) in [5, 5.41) is 26.4. The number of nitrogens with two attached hydrogens (primary N) is 4. The molecule has 125 heavy (non-hydrogen) atoms. The number of pyridine rings is 4. The van der Waals surface area contributed by atoms with Crippen molar-refractivity contribution in [2.24, 2.45) is 22.9 Å². The molecule has 4 aromatic carbocycles. The molecule has 0 bridgehead atoms. The molecule has 12 aromatic rings. The summed E-state index contributed by atoms with van der Waals surface area (Å²) < 4.78 is 43.6. The van der Waals surface area contributed by atoms with Crippen LogP contribution in [0.2, 0.25) is 0 Å². The summed E-state index contributed by atoms with van der Waals surface area (Å²) in [6, 6.07) is 37.7. The van der Waals surface area contributed by atoms with Crippen molar-refractivity contribution in [2.75, 3.05) is 50.4 Å². The zero-order valence-electron chi connectivity index (χ0n) is 70.5. The zero-order valence-corrected chi connectivity index (χ0v) is 74.6. The van der Waals surface area contributed by atoms with Gasteiger partial charge in [0.2, 0.25) is 5.91 Å². The average molecular weight is 1800 g/mol. The lowest BCUT2D eigenvalue weighted by molar-refractivity contribution is -0.156. The summed E-state index contributed by atoms with van der Waals surface area (Å²) in [6.45, 7) is 3.92. The van der Waals surface area contributed by atoms with E-state index in [2.05, 4.69) is 82.2 Å². The maximum Gasteiger partial charge on any atom is 0.310 e. The number of rotatable bonds is 20. The number of hydrogen-bond acceptors (Lipinski definition) is 32. The Bertz CT molecular complexity index is 5550. The van der Waals surface area contributed by atoms with E-state index in [9.17, 15) is 37.8 Å². The van der Waals surface area contributed by atoms with Crippen molar-refractivity contribution < 1.29 is 61.5 Å². The van der Waals surface area contributed by atoms with Crippen LogP contribution in [-0.4, -0.2) is 168 Å². The molecule has 9 atom stereocenters. The van der Waals surface area contributed by atoms with E-state index in [1.807, 2.05) is 66.7 Å². The number of esters is 2. The van der Waals surface area contributed by atoms with Crippen LogP contribution in [-0.2, 0) is 29.9 Å². The maximum absolute atomic E-state index is 11.8. The van der Waals surface area contributed by atoms with E-state index in [1.165, 1.54) is 69.9 Å². The summed E-state index contributed by atoms with van der Waals surface area (Å²) in [5.74, 6) is 2.65. The molecule has 4 saturated carbocycles. The lowest BCUT2D eigenvalue weighted by atomic mass is 9.90. The minimum Gasteiger partial charge on any atom is -0.457 e. The molecule has 0 saturated heterocycles. The van der Waals surface area contributed by atoms with Gasteiger partial charge in [-0.15, -0.1) is 11.3 Å². The first-order valence-electron chi connectivity index (χ1n) is 40.9. The number of carbonyl (C=O) groups is 7. The van der Waals surface area contributed by atoms with Crippen molar-refractivity contribution in [3.63, 3.8) is 0 Å². The standard InChI is InChI=1S/C22H25N5O3S.2C20H23N5O2S.C15H13N3O3S2.C6H14N2.C4H6O3/c1-13(28)25-16-5-3-4-6-17(16)26-22-27-18-8-7-14(12-20(18)31-22)30-15-9-10-24-19(11-15)21(29)23-2;2*1-22-19(26)17-10-13(8-9-23-17)27-12-6-7-16-18(11-12)28-20(25-16)24-15-5-3-2-4-14(15)21;1-16-14(19)12-7-10(5-6-17-12)21-9-3-4-11-13(8-9)22-15(18-11)23(2)20;7-5-3-1-2-4-6(5)8;1-3(5)7-4(2)6/h7-12,16-17H,3-6H2,1-2H3,(H,23,29)(H,25,28)(H,26,27);2*6-11,14-15H,2-5,21H2,1H3,(H,22,26)(H,24,25);3-8H,1-2H3,(H,16,19);5-6H,1-4,7-8H2;1-2H3/t16-,17-;2*14-,15-;;5-,6-;/m111.1./s1. The fourth-order valence-corrected chi connectivity index (χ4v) is 18.5. The summed E-state index contributed by atoms with van der Waals surface area (Å²) in [5.41, 5.74) is 28.5. The fraction of sp³-hybridized carbons (Fsp3) is 0.368. The topological polar surface area (TPSA) is 486 Å². The number of amides is 5. The number of nitrogens with one attached hydrogen (secondary N) is 8. The summed E-state index contributed by atoms with van der Waals surface area (Å²) >= 11 is 6.12. The zero-order chi connectivity index (χ0) is 89.1. The highest BCUT2D eigenvalue weighted by atomic mass is 32.2. The van der Waals surface area contributed by atoms with Gasteiger partial charge in [-0.1, -0.05) is 85.4 Å². The highest BCUT2D eigenvalue weighted by Crippen LogP contribution is 2.38. The van der Waals surface area contributed by atoms with Crippen LogP contribution in [0.3, 0.4) is 0 Å². The molecule has 0 radical (unpaired) electrons. The lowest BCUT2D eigenvalue weighted by Gasteiger charge is -2.32. The number of fused-ring (bicyclic) bond motifs is 4. The van der Waals surface area contributed by atoms with Crippen molar-refractivity contribution >= 4 is 154 Å². The number of thiazole rings is 4. The molecule has 0 aliphatic heterocycles. The number of anilines is 3. The van der Waals surface area contributed by atoms with Gasteiger partial charge in [-0.25, -0.2) is 19.9 Å². The number of ether oxygens (including phenoxy) is 5. The highest BCUT2D eigenvalue weighted by molar-refractivity contribution is 7.86. The third-order valence-electron chi connectivity index (χ3n) is 20.3. The van der Waals surface area contributed by atoms with Crippen LogP contribution < -0.4 is 84.4 Å². The molecular formula is C87H104N20O13S5. The minimum atomic E-state index is -1.10. The van der Waals surface area contributed by atoms with Gasteiger partial charge in [0.1, 0.15) is 68.8 Å². The molecule has 4 fully saturated rings. The Morgan fingerprint density at radius 3 is 0.904 bits per heavy atom. The van der Waals surface area contributed by atoms with E-state index in [1.54, 1.807) is 149 Å². The van der Waals surface area contributed by atoms with Gasteiger partial charge in [0.25, 0.3) is 23.6 Å². The van der Waals surface area contributed by atoms with Gasteiger partial charge in [0, 0.05) is 177 Å². The molecule has 4 aliphatic carbocycles. The Labute approximate surface area is 741 Å². The summed E-state index contributed by atoms with van der Waals surface area (Å²) in [4.78, 5) is 112. The van der Waals surface area contributed by atoms with Gasteiger partial charge in [-0.3, -0.25) is 57.7 Å². The molecule has 33 nitrogen and oxygen atoms in total. The Morgan fingerprint density at radius 2 is 0.624 bits per heavy atom. The normalized spacial score (nSPS) is 18.4. The first-order chi connectivity index (χ1) is 60.2. The second-order valence-corrected chi connectivity index (χ2v) is 35.4. The Kier molecular flexibility index (Phi) is 34.7. The second-order valence-electron chi connectivity index (χ2n) is 29.7. The van der Waals surface area contributed by atoms with E-state index in [0.29, 0.717) is 67.4 Å². The minimum absolute atomic E-state index is 0.000442. The van der Waals surface area contributed by atoms with Crippen LogP contribution in [0.1, 0.15) is 165 Å². The number of hydrogen-bond donors (Lipinski definition) is 12. The van der Waals surface area contributed by atoms with Gasteiger partial charge < -0.3 is 89.2 Å². The van der Waals surface area contributed by atoms with Crippen LogP contribution in [0.25, 0.3) is 40.9 Å².